The number of ether oxygens (including phenoxy) is 2. The van der Waals surface area contributed by atoms with Crippen LogP contribution in [0.1, 0.15) is 57.4 Å². The van der Waals surface area contributed by atoms with E-state index in [4.69, 9.17) is 19.6 Å². The van der Waals surface area contributed by atoms with Crippen molar-refractivity contribution >= 4 is 51.8 Å². The number of pyridine rings is 1. The number of hydrogen-bond donors (Lipinski definition) is 1. The molecule has 1 aliphatic carbocycles. The molecular formula is C40H45FN8O3S. The molecule has 5 aromatic rings. The van der Waals surface area contributed by atoms with Crippen LogP contribution < -0.4 is 15.1 Å². The first-order valence-electron chi connectivity index (χ1n) is 18.5. The lowest BCUT2D eigenvalue weighted by molar-refractivity contribution is -0.0660. The van der Waals surface area contributed by atoms with Crippen molar-refractivity contribution in [2.45, 2.75) is 51.7 Å². The van der Waals surface area contributed by atoms with E-state index in [9.17, 15) is 4.79 Å². The molecule has 6 heterocycles. The number of fused-ring (bicyclic) bond motifs is 2. The summed E-state index contributed by atoms with van der Waals surface area (Å²) < 4.78 is 28.9. The van der Waals surface area contributed by atoms with E-state index >= 15 is 4.39 Å². The molecule has 4 aromatic heterocycles. The highest BCUT2D eigenvalue weighted by atomic mass is 32.1. The smallest absolute Gasteiger partial charge is 0.268 e. The molecule has 2 aliphatic heterocycles. The van der Waals surface area contributed by atoms with Gasteiger partial charge in [0.1, 0.15) is 16.5 Å². The summed E-state index contributed by atoms with van der Waals surface area (Å²) in [5.74, 6) is -0.0312. The highest BCUT2D eigenvalue weighted by Crippen LogP contribution is 2.39. The minimum atomic E-state index is -0.482. The summed E-state index contributed by atoms with van der Waals surface area (Å²) in [5, 5.41) is 8.29. The van der Waals surface area contributed by atoms with Gasteiger partial charge in [-0.15, -0.1) is 11.3 Å². The molecule has 8 rings (SSSR count). The van der Waals surface area contributed by atoms with Crippen LogP contribution in [-0.2, 0) is 28.9 Å². The van der Waals surface area contributed by atoms with E-state index in [1.807, 2.05) is 25.3 Å². The van der Waals surface area contributed by atoms with Crippen molar-refractivity contribution in [1.82, 2.24) is 24.5 Å². The number of piperazine rings is 1. The number of aromatic nitrogens is 4. The summed E-state index contributed by atoms with van der Waals surface area (Å²) in [7, 11) is 1.70. The Morgan fingerprint density at radius 1 is 1.15 bits per heavy atom. The topological polar surface area (TPSA) is 100 Å². The van der Waals surface area contributed by atoms with Crippen LogP contribution in [0.3, 0.4) is 0 Å². The third-order valence-electron chi connectivity index (χ3n) is 10.5. The number of halogens is 1. The van der Waals surface area contributed by atoms with Crippen molar-refractivity contribution in [2.24, 2.45) is 0 Å². The number of nitrogens with one attached hydrogen (secondary N) is 1. The third-order valence-corrected chi connectivity index (χ3v) is 11.8. The standard InChI is InChI=1S/C40H45FN8O3S/c1-4-18-51-25-32-31(19-26(41)20-35(32)46(3)40(50)38-29(5-2)30-8-6-7-9-36(30)53-38)33-21-34(39-42-12-13-49(39)45-33)44-37-11-10-27(22-43-37)47-14-16-48(17-15-47)28-23-52-24-28/h5,10-13,19-22,28H,2,4,6-9,14-18,23-25H2,1,3H3,(H,43,44). The third kappa shape index (κ3) is 7.06. The molecule has 0 unspecified atom stereocenters. The van der Waals surface area contributed by atoms with Crippen LogP contribution >= 0.6 is 11.3 Å². The lowest BCUT2D eigenvalue weighted by Crippen LogP contribution is -2.56. The van der Waals surface area contributed by atoms with E-state index in [1.165, 1.54) is 33.9 Å². The van der Waals surface area contributed by atoms with E-state index in [-0.39, 0.29) is 12.5 Å². The van der Waals surface area contributed by atoms with Gasteiger partial charge in [0.2, 0.25) is 0 Å². The van der Waals surface area contributed by atoms with Crippen LogP contribution in [0.15, 0.2) is 55.5 Å². The normalized spacial score (nSPS) is 16.4. The van der Waals surface area contributed by atoms with Crippen molar-refractivity contribution in [3.8, 4) is 11.3 Å². The SMILES string of the molecule is C=Cc1c(C(=O)N(C)c2cc(F)cc(-c3cc(Nc4ccc(N5CCN(C6COC6)CC5)cn4)c4nccn4n3)c2COCCC)sc2c1CCCC2. The summed E-state index contributed by atoms with van der Waals surface area (Å²) >= 11 is 1.53. The number of carbonyl (C=O) groups excluding carboxylic acids is 1. The quantitative estimate of drug-likeness (QED) is 0.136. The van der Waals surface area contributed by atoms with Crippen LogP contribution in [0.2, 0.25) is 0 Å². The molecule has 0 radical (unpaired) electrons. The average molecular weight is 737 g/mol. The molecule has 0 saturated carbocycles. The highest BCUT2D eigenvalue weighted by Gasteiger charge is 2.30. The fraction of sp³-hybridized carbons (Fsp3) is 0.400. The zero-order valence-corrected chi connectivity index (χ0v) is 31.1. The molecule has 0 atom stereocenters. The summed E-state index contributed by atoms with van der Waals surface area (Å²) in [6.07, 6.45) is 12.0. The number of anilines is 4. The second-order valence-corrected chi connectivity index (χ2v) is 15.0. The Kier molecular flexibility index (Phi) is 10.2. The molecule has 3 aliphatic rings. The van der Waals surface area contributed by atoms with Gasteiger partial charge in [-0.3, -0.25) is 9.69 Å². The molecule has 1 N–H and O–H groups in total. The predicted molar refractivity (Wildman–Crippen MR) is 208 cm³/mol. The van der Waals surface area contributed by atoms with E-state index in [0.29, 0.717) is 57.2 Å². The summed E-state index contributed by atoms with van der Waals surface area (Å²) in [5.41, 5.74) is 6.58. The van der Waals surface area contributed by atoms with Crippen molar-refractivity contribution < 1.29 is 18.7 Å². The Hall–Kier alpha value is -4.69. The highest BCUT2D eigenvalue weighted by molar-refractivity contribution is 7.14. The molecule has 276 valence electrons. The molecule has 11 nitrogen and oxygen atoms in total. The number of thiophene rings is 1. The van der Waals surface area contributed by atoms with E-state index in [0.717, 1.165) is 82.7 Å². The Labute approximate surface area is 313 Å². The van der Waals surface area contributed by atoms with Crippen LogP contribution in [-0.4, -0.2) is 89.5 Å². The zero-order valence-electron chi connectivity index (χ0n) is 30.3. The van der Waals surface area contributed by atoms with E-state index in [2.05, 4.69) is 32.7 Å². The van der Waals surface area contributed by atoms with Crippen molar-refractivity contribution in [3.63, 3.8) is 0 Å². The Morgan fingerprint density at radius 2 is 1.98 bits per heavy atom. The molecule has 1 amide bonds. The van der Waals surface area contributed by atoms with Gasteiger partial charge in [-0.25, -0.2) is 18.9 Å². The fourth-order valence-corrected chi connectivity index (χ4v) is 8.92. The molecule has 2 saturated heterocycles. The van der Waals surface area contributed by atoms with Crippen LogP contribution in [0.4, 0.5) is 27.3 Å². The minimum absolute atomic E-state index is 0.170. The van der Waals surface area contributed by atoms with E-state index in [1.54, 1.807) is 34.9 Å². The van der Waals surface area contributed by atoms with Crippen LogP contribution in [0, 0.1) is 5.82 Å². The van der Waals surface area contributed by atoms with Crippen LogP contribution in [0.25, 0.3) is 23.0 Å². The maximum atomic E-state index is 15.7. The van der Waals surface area contributed by atoms with Gasteiger partial charge in [0.05, 0.1) is 54.8 Å². The second-order valence-electron chi connectivity index (χ2n) is 13.9. The number of rotatable bonds is 12. The first-order valence-corrected chi connectivity index (χ1v) is 19.3. The Morgan fingerprint density at radius 3 is 2.72 bits per heavy atom. The molecule has 0 bridgehead atoms. The number of hydrogen-bond acceptors (Lipinski definition) is 10. The zero-order chi connectivity index (χ0) is 36.5. The Bertz CT molecular complexity index is 2120. The summed E-state index contributed by atoms with van der Waals surface area (Å²) in [6, 6.07) is 9.33. The average Bonchev–Trinajstić information content (AvgIpc) is 3.80. The maximum absolute atomic E-state index is 15.7. The van der Waals surface area contributed by atoms with Crippen molar-refractivity contribution in [3.05, 3.63) is 87.8 Å². The maximum Gasteiger partial charge on any atom is 0.268 e. The number of aryl methyl sites for hydroxylation is 1. The first kappa shape index (κ1) is 35.3. The minimum Gasteiger partial charge on any atom is -0.378 e. The van der Waals surface area contributed by atoms with Gasteiger partial charge >= 0.3 is 0 Å². The fourth-order valence-electron chi connectivity index (χ4n) is 7.55. The lowest BCUT2D eigenvalue weighted by atomic mass is 9.94. The Balaban J connectivity index is 1.10. The molecular weight excluding hydrogens is 692 g/mol. The number of carbonyl (C=O) groups is 1. The largest absolute Gasteiger partial charge is 0.378 e. The number of nitrogens with zero attached hydrogens (tertiary/aromatic N) is 7. The van der Waals surface area contributed by atoms with Crippen LogP contribution in [0.5, 0.6) is 0 Å². The van der Waals surface area contributed by atoms with Crippen molar-refractivity contribution in [1.29, 1.82) is 0 Å². The van der Waals surface area contributed by atoms with E-state index < -0.39 is 5.82 Å². The predicted octanol–water partition coefficient (Wildman–Crippen LogP) is 6.98. The van der Waals surface area contributed by atoms with Gasteiger partial charge in [0.15, 0.2) is 5.65 Å². The number of amides is 1. The monoisotopic (exact) mass is 736 g/mol. The van der Waals surface area contributed by atoms with Gasteiger partial charge in [-0.05, 0) is 68.0 Å². The van der Waals surface area contributed by atoms with Gasteiger partial charge in [-0.2, -0.15) is 5.10 Å². The molecule has 53 heavy (non-hydrogen) atoms. The molecule has 1 aromatic carbocycles. The number of benzene rings is 1. The van der Waals surface area contributed by atoms with Gasteiger partial charge in [0, 0.05) is 73.8 Å². The van der Waals surface area contributed by atoms with Gasteiger partial charge in [0.25, 0.3) is 5.91 Å². The molecule has 2 fully saturated rings. The lowest BCUT2D eigenvalue weighted by Gasteiger charge is -2.43. The first-order chi connectivity index (χ1) is 25.9. The summed E-state index contributed by atoms with van der Waals surface area (Å²) in [4.78, 5) is 31.8. The second kappa shape index (κ2) is 15.3. The van der Waals surface area contributed by atoms with Gasteiger partial charge in [-0.1, -0.05) is 19.6 Å². The molecule has 13 heteroatoms. The molecule has 0 spiro atoms. The summed E-state index contributed by atoms with van der Waals surface area (Å²) in [6.45, 7) is 12.3. The van der Waals surface area contributed by atoms with Crippen molar-refractivity contribution in [2.75, 3.05) is 68.2 Å². The van der Waals surface area contributed by atoms with Gasteiger partial charge < -0.3 is 24.6 Å². The number of imidazole rings is 1.